The van der Waals surface area contributed by atoms with Gasteiger partial charge in [-0.2, -0.15) is 8.42 Å². The van der Waals surface area contributed by atoms with Crippen molar-refractivity contribution in [3.8, 4) is 0 Å². The third-order valence-corrected chi connectivity index (χ3v) is 10.8. The number of non-ortho nitro benzene ring substituents is 1. The van der Waals surface area contributed by atoms with Crippen molar-refractivity contribution >= 4 is 23.9 Å². The van der Waals surface area contributed by atoms with Gasteiger partial charge >= 0.3 is 0 Å². The van der Waals surface area contributed by atoms with Crippen molar-refractivity contribution in [1.82, 2.24) is 0 Å². The van der Waals surface area contributed by atoms with Crippen LogP contribution in [0.25, 0.3) is 0 Å². The van der Waals surface area contributed by atoms with Crippen LogP contribution in [0, 0.1) is 10.1 Å². The van der Waals surface area contributed by atoms with E-state index in [1.54, 1.807) is 0 Å². The van der Waals surface area contributed by atoms with Gasteiger partial charge in [0.2, 0.25) is 0 Å². The van der Waals surface area contributed by atoms with Crippen LogP contribution < -0.4 is 0 Å². The van der Waals surface area contributed by atoms with E-state index in [2.05, 4.69) is 26.6 Å². The van der Waals surface area contributed by atoms with Crippen molar-refractivity contribution in [3.05, 3.63) is 34.4 Å². The highest BCUT2D eigenvalue weighted by Gasteiger charge is 2.43. The number of nitrogens with zero attached hydrogens (tertiary/aromatic N) is 1. The van der Waals surface area contributed by atoms with Crippen molar-refractivity contribution in [2.24, 2.45) is 0 Å². The van der Waals surface area contributed by atoms with Crippen LogP contribution in [0.5, 0.6) is 0 Å². The summed E-state index contributed by atoms with van der Waals surface area (Å²) in [4.78, 5) is 10.1. The number of nitro groups is 1. The maximum absolute atomic E-state index is 12.5. The summed E-state index contributed by atoms with van der Waals surface area (Å²) >= 11 is 0. The van der Waals surface area contributed by atoms with Gasteiger partial charge in [-0.1, -0.05) is 39.4 Å². The van der Waals surface area contributed by atoms with Gasteiger partial charge in [0, 0.05) is 12.1 Å². The van der Waals surface area contributed by atoms with Crippen LogP contribution in [0.15, 0.2) is 29.2 Å². The molecule has 134 valence electrons. The first kappa shape index (κ1) is 19.1. The minimum absolute atomic E-state index is 0.0339. The van der Waals surface area contributed by atoms with E-state index in [4.69, 9.17) is 4.18 Å². The molecular formula is C16H25NO5SSi. The van der Waals surface area contributed by atoms with Gasteiger partial charge in [-0.15, -0.1) is 0 Å². The standard InChI is InChI=1S/C16H25NO5SSi/c1-16(24(2,3)4)11-5-6-14(12-16)22-23(20,21)15-9-7-13(8-10-15)17(18)19/h7-10,14H,5-6,11-12H2,1-4H3/t14-,16+/m0/s1. The molecule has 0 aliphatic heterocycles. The molecule has 2 atom stereocenters. The summed E-state index contributed by atoms with van der Waals surface area (Å²) < 4.78 is 30.4. The SMILES string of the molecule is C[C@@]1([Si](C)(C)C)CCC[C@H](OS(=O)(=O)c2ccc([N+](=O)[O-])cc2)C1. The van der Waals surface area contributed by atoms with Gasteiger partial charge in [0.05, 0.1) is 24.0 Å². The van der Waals surface area contributed by atoms with Gasteiger partial charge in [-0.05, 0) is 30.0 Å². The maximum Gasteiger partial charge on any atom is 0.297 e. The molecule has 1 aliphatic rings. The van der Waals surface area contributed by atoms with Gasteiger partial charge in [0.1, 0.15) is 0 Å². The number of hydrogen-bond acceptors (Lipinski definition) is 5. The third kappa shape index (κ3) is 4.04. The summed E-state index contributed by atoms with van der Waals surface area (Å²) in [5.41, 5.74) is -0.141. The maximum atomic E-state index is 12.5. The molecule has 0 radical (unpaired) electrons. The minimum atomic E-state index is -3.91. The predicted octanol–water partition coefficient (Wildman–Crippen LogP) is 4.34. The molecule has 0 saturated heterocycles. The first-order chi connectivity index (χ1) is 10.9. The van der Waals surface area contributed by atoms with E-state index < -0.39 is 23.1 Å². The quantitative estimate of drug-likeness (QED) is 0.332. The summed E-state index contributed by atoms with van der Waals surface area (Å²) in [6.45, 7) is 9.16. The zero-order chi connectivity index (χ0) is 18.2. The summed E-state index contributed by atoms with van der Waals surface area (Å²) in [7, 11) is -5.35. The fourth-order valence-electron chi connectivity index (χ4n) is 3.16. The van der Waals surface area contributed by atoms with Gasteiger partial charge in [-0.25, -0.2) is 0 Å². The van der Waals surface area contributed by atoms with Gasteiger partial charge in [-0.3, -0.25) is 14.3 Å². The smallest absolute Gasteiger partial charge is 0.263 e. The van der Waals surface area contributed by atoms with E-state index in [1.807, 2.05) is 0 Å². The molecule has 0 unspecified atom stereocenters. The van der Waals surface area contributed by atoms with Crippen molar-refractivity contribution in [3.63, 3.8) is 0 Å². The Balaban J connectivity index is 2.15. The Morgan fingerprint density at radius 3 is 2.33 bits per heavy atom. The molecule has 8 heteroatoms. The second-order valence-electron chi connectivity index (χ2n) is 7.83. The number of nitro benzene ring substituents is 1. The van der Waals surface area contributed by atoms with Crippen LogP contribution in [0.2, 0.25) is 24.7 Å². The Morgan fingerprint density at radius 1 is 1.25 bits per heavy atom. The van der Waals surface area contributed by atoms with Crippen LogP contribution in [0.4, 0.5) is 5.69 Å². The zero-order valence-corrected chi connectivity index (χ0v) is 16.4. The lowest BCUT2D eigenvalue weighted by atomic mass is 9.87. The number of hydrogen-bond donors (Lipinski definition) is 0. The second kappa shape index (κ2) is 6.57. The first-order valence-corrected chi connectivity index (χ1v) is 13.0. The summed E-state index contributed by atoms with van der Waals surface area (Å²) in [5, 5.41) is 10.8. The summed E-state index contributed by atoms with van der Waals surface area (Å²) in [5.74, 6) is 0. The number of benzene rings is 1. The van der Waals surface area contributed by atoms with Gasteiger partial charge in [0.25, 0.3) is 15.8 Å². The molecule has 0 heterocycles. The van der Waals surface area contributed by atoms with Crippen molar-refractivity contribution in [2.75, 3.05) is 0 Å². The molecule has 1 saturated carbocycles. The molecular weight excluding hydrogens is 346 g/mol. The second-order valence-corrected chi connectivity index (χ2v) is 15.1. The average molecular weight is 372 g/mol. The van der Waals surface area contributed by atoms with Crippen LogP contribution in [0.1, 0.15) is 32.6 Å². The zero-order valence-electron chi connectivity index (χ0n) is 14.6. The monoisotopic (exact) mass is 371 g/mol. The molecule has 1 aliphatic carbocycles. The molecule has 0 amide bonds. The van der Waals surface area contributed by atoms with E-state index in [-0.39, 0.29) is 21.7 Å². The first-order valence-electron chi connectivity index (χ1n) is 8.12. The van der Waals surface area contributed by atoms with Gasteiger partial charge < -0.3 is 0 Å². The van der Waals surface area contributed by atoms with E-state index in [1.165, 1.54) is 24.3 Å². The van der Waals surface area contributed by atoms with Crippen molar-refractivity contribution < 1.29 is 17.5 Å². The molecule has 0 N–H and O–H groups in total. The Kier molecular flexibility index (Phi) is 5.22. The minimum Gasteiger partial charge on any atom is -0.263 e. The summed E-state index contributed by atoms with van der Waals surface area (Å²) in [6, 6.07) is 4.83. The summed E-state index contributed by atoms with van der Waals surface area (Å²) in [6.07, 6.45) is 3.22. The largest absolute Gasteiger partial charge is 0.297 e. The van der Waals surface area contributed by atoms with E-state index in [0.717, 1.165) is 25.7 Å². The molecule has 1 aromatic carbocycles. The Hall–Kier alpha value is -1.25. The molecule has 1 aromatic rings. The fraction of sp³-hybridized carbons (Fsp3) is 0.625. The molecule has 6 nitrogen and oxygen atoms in total. The Labute approximate surface area is 144 Å². The van der Waals surface area contributed by atoms with E-state index in [0.29, 0.717) is 0 Å². The average Bonchev–Trinajstić information content (AvgIpc) is 2.46. The predicted molar refractivity (Wildman–Crippen MR) is 95.3 cm³/mol. The Morgan fingerprint density at radius 2 is 1.83 bits per heavy atom. The fourth-order valence-corrected chi connectivity index (χ4v) is 6.03. The lowest BCUT2D eigenvalue weighted by Gasteiger charge is -2.46. The van der Waals surface area contributed by atoms with E-state index >= 15 is 0 Å². The van der Waals surface area contributed by atoms with Crippen LogP contribution in [-0.4, -0.2) is 27.5 Å². The normalized spacial score (nSPS) is 25.4. The highest BCUT2D eigenvalue weighted by Crippen LogP contribution is 2.51. The Bertz CT molecular complexity index is 711. The lowest BCUT2D eigenvalue weighted by molar-refractivity contribution is -0.384. The van der Waals surface area contributed by atoms with E-state index in [9.17, 15) is 18.5 Å². The van der Waals surface area contributed by atoms with Gasteiger partial charge in [0.15, 0.2) is 0 Å². The molecule has 0 aromatic heterocycles. The van der Waals surface area contributed by atoms with Crippen molar-refractivity contribution in [2.45, 2.75) is 68.3 Å². The van der Waals surface area contributed by atoms with Crippen LogP contribution in [-0.2, 0) is 14.3 Å². The highest BCUT2D eigenvalue weighted by atomic mass is 32.2. The van der Waals surface area contributed by atoms with Crippen LogP contribution >= 0.6 is 0 Å². The third-order valence-electron chi connectivity index (χ3n) is 5.34. The van der Waals surface area contributed by atoms with Crippen molar-refractivity contribution in [1.29, 1.82) is 0 Å². The lowest BCUT2D eigenvalue weighted by Crippen LogP contribution is -2.43. The highest BCUT2D eigenvalue weighted by molar-refractivity contribution is 7.86. The molecule has 1 fully saturated rings. The topological polar surface area (TPSA) is 86.5 Å². The molecule has 0 spiro atoms. The molecule has 0 bridgehead atoms. The molecule has 2 rings (SSSR count). The molecule has 24 heavy (non-hydrogen) atoms. The number of rotatable bonds is 5. The van der Waals surface area contributed by atoms with Crippen LogP contribution in [0.3, 0.4) is 0 Å².